The number of hydrogen-bond acceptors (Lipinski definition) is 6. The van der Waals surface area contributed by atoms with Crippen molar-refractivity contribution in [2.24, 2.45) is 11.0 Å². The van der Waals surface area contributed by atoms with Crippen LogP contribution in [-0.4, -0.2) is 29.0 Å². The second-order valence-corrected chi connectivity index (χ2v) is 7.85. The lowest BCUT2D eigenvalue weighted by Gasteiger charge is -2.20. The van der Waals surface area contributed by atoms with Crippen molar-refractivity contribution in [2.45, 2.75) is 26.8 Å². The Balaban J connectivity index is 1.66. The van der Waals surface area contributed by atoms with Crippen molar-refractivity contribution >= 4 is 23.7 Å². The standard InChI is InChI=1S/C24H23FN4O5/c1-14(2)22(27-23(30)16-7-9-17(25)10-8-16)24(31)28-26-13-18-11-12-21(34-18)19-5-4-6-20(15(19)3)29(32)33/h4-14,22H,1-3H3,(H,27,30)(H,28,31)/b26-13-/t22-/m0/s1. The fourth-order valence-corrected chi connectivity index (χ4v) is 3.25. The first-order valence-electron chi connectivity index (χ1n) is 10.4. The molecule has 9 nitrogen and oxygen atoms in total. The third kappa shape index (κ3) is 5.71. The summed E-state index contributed by atoms with van der Waals surface area (Å²) in [5.74, 6) is -1.03. The molecule has 0 radical (unpaired) electrons. The number of hydrazone groups is 1. The van der Waals surface area contributed by atoms with Gasteiger partial charge in [-0.25, -0.2) is 9.82 Å². The number of hydrogen-bond donors (Lipinski definition) is 2. The Morgan fingerprint density at radius 2 is 1.82 bits per heavy atom. The summed E-state index contributed by atoms with van der Waals surface area (Å²) < 4.78 is 18.8. The van der Waals surface area contributed by atoms with E-state index in [1.807, 2.05) is 0 Å². The number of nitro benzene ring substituents is 1. The molecule has 0 spiro atoms. The van der Waals surface area contributed by atoms with Crippen LogP contribution in [0, 0.1) is 28.8 Å². The number of benzene rings is 2. The molecule has 0 bridgehead atoms. The van der Waals surface area contributed by atoms with Crippen LogP contribution in [0.4, 0.5) is 10.1 Å². The van der Waals surface area contributed by atoms with E-state index in [4.69, 9.17) is 4.42 Å². The Bertz CT molecular complexity index is 1230. The van der Waals surface area contributed by atoms with Gasteiger partial charge in [-0.2, -0.15) is 5.10 Å². The maximum Gasteiger partial charge on any atom is 0.273 e. The molecule has 1 atom stereocenters. The summed E-state index contributed by atoms with van der Waals surface area (Å²) in [6.07, 6.45) is 1.28. The summed E-state index contributed by atoms with van der Waals surface area (Å²) in [5.41, 5.74) is 3.62. The number of rotatable bonds is 8. The third-order valence-electron chi connectivity index (χ3n) is 5.10. The van der Waals surface area contributed by atoms with Crippen LogP contribution in [0.25, 0.3) is 11.3 Å². The van der Waals surface area contributed by atoms with Gasteiger partial charge in [0, 0.05) is 22.8 Å². The van der Waals surface area contributed by atoms with Gasteiger partial charge in [0.2, 0.25) is 0 Å². The SMILES string of the molecule is Cc1c(-c2ccc(/C=N\NC(=O)[C@@H](NC(=O)c3ccc(F)cc3)C(C)C)o2)cccc1[N+](=O)[O-]. The third-order valence-corrected chi connectivity index (χ3v) is 5.10. The first kappa shape index (κ1) is 24.3. The fourth-order valence-electron chi connectivity index (χ4n) is 3.25. The van der Waals surface area contributed by atoms with E-state index in [0.717, 1.165) is 12.1 Å². The van der Waals surface area contributed by atoms with Crippen LogP contribution in [-0.2, 0) is 4.79 Å². The van der Waals surface area contributed by atoms with E-state index >= 15 is 0 Å². The van der Waals surface area contributed by atoms with Gasteiger partial charge in [0.05, 0.1) is 11.1 Å². The van der Waals surface area contributed by atoms with E-state index in [1.54, 1.807) is 45.0 Å². The minimum absolute atomic E-state index is 0.0150. The van der Waals surface area contributed by atoms with Crippen molar-refractivity contribution in [3.8, 4) is 11.3 Å². The maximum absolute atomic E-state index is 13.1. The molecule has 2 amide bonds. The first-order valence-corrected chi connectivity index (χ1v) is 10.4. The number of nitro groups is 1. The lowest BCUT2D eigenvalue weighted by molar-refractivity contribution is -0.385. The molecule has 3 rings (SSSR count). The molecule has 0 unspecified atom stereocenters. The molecule has 0 saturated carbocycles. The van der Waals surface area contributed by atoms with E-state index < -0.39 is 28.6 Å². The van der Waals surface area contributed by atoms with E-state index in [1.165, 1.54) is 24.4 Å². The van der Waals surface area contributed by atoms with Crippen LogP contribution >= 0.6 is 0 Å². The van der Waals surface area contributed by atoms with Gasteiger partial charge < -0.3 is 9.73 Å². The van der Waals surface area contributed by atoms with Crippen molar-refractivity contribution in [2.75, 3.05) is 0 Å². The first-order chi connectivity index (χ1) is 16.2. The number of carbonyl (C=O) groups is 2. The number of carbonyl (C=O) groups excluding carboxylic acids is 2. The zero-order chi connectivity index (χ0) is 24.8. The second kappa shape index (κ2) is 10.5. The number of nitrogens with one attached hydrogen (secondary N) is 2. The predicted molar refractivity (Wildman–Crippen MR) is 124 cm³/mol. The molecule has 176 valence electrons. The normalized spacial score (nSPS) is 12.0. The van der Waals surface area contributed by atoms with Gasteiger partial charge >= 0.3 is 0 Å². The largest absolute Gasteiger partial charge is 0.455 e. The molecule has 1 heterocycles. The van der Waals surface area contributed by atoms with Crippen molar-refractivity contribution in [3.63, 3.8) is 0 Å². The van der Waals surface area contributed by atoms with E-state index in [2.05, 4.69) is 15.8 Å². The summed E-state index contributed by atoms with van der Waals surface area (Å²) >= 11 is 0. The Hall–Kier alpha value is -4.34. The second-order valence-electron chi connectivity index (χ2n) is 7.85. The molecule has 0 fully saturated rings. The van der Waals surface area contributed by atoms with Gasteiger partial charge in [0.25, 0.3) is 17.5 Å². The van der Waals surface area contributed by atoms with Gasteiger partial charge in [-0.1, -0.05) is 26.0 Å². The van der Waals surface area contributed by atoms with E-state index in [-0.39, 0.29) is 17.2 Å². The van der Waals surface area contributed by atoms with Crippen LogP contribution in [0.15, 0.2) is 64.1 Å². The summed E-state index contributed by atoms with van der Waals surface area (Å²) in [6, 6.07) is 12.1. The Labute approximate surface area is 194 Å². The molecule has 1 aromatic heterocycles. The Morgan fingerprint density at radius 3 is 2.47 bits per heavy atom. The lowest BCUT2D eigenvalue weighted by atomic mass is 10.0. The van der Waals surface area contributed by atoms with Crippen molar-refractivity contribution in [1.82, 2.24) is 10.7 Å². The van der Waals surface area contributed by atoms with Gasteiger partial charge in [0.1, 0.15) is 23.4 Å². The van der Waals surface area contributed by atoms with Crippen LogP contribution in [0.1, 0.15) is 35.5 Å². The Morgan fingerprint density at radius 1 is 1.12 bits per heavy atom. The predicted octanol–water partition coefficient (Wildman–Crippen LogP) is 4.21. The van der Waals surface area contributed by atoms with Gasteiger partial charge in [0.15, 0.2) is 0 Å². The molecule has 0 aliphatic carbocycles. The van der Waals surface area contributed by atoms with Crippen LogP contribution < -0.4 is 10.7 Å². The van der Waals surface area contributed by atoms with Crippen LogP contribution in [0.3, 0.4) is 0 Å². The van der Waals surface area contributed by atoms with Gasteiger partial charge in [-0.05, 0) is 49.2 Å². The smallest absolute Gasteiger partial charge is 0.273 e. The lowest BCUT2D eigenvalue weighted by Crippen LogP contribution is -2.48. The molecule has 2 N–H and O–H groups in total. The molecule has 3 aromatic rings. The minimum atomic E-state index is -0.880. The quantitative estimate of drug-likeness (QED) is 0.292. The molecule has 0 aliphatic rings. The number of amides is 2. The van der Waals surface area contributed by atoms with Crippen molar-refractivity contribution < 1.29 is 23.3 Å². The molecule has 2 aromatic carbocycles. The summed E-state index contributed by atoms with van der Waals surface area (Å²) in [7, 11) is 0. The average molecular weight is 466 g/mol. The molecular weight excluding hydrogens is 443 g/mol. The Kier molecular flexibility index (Phi) is 7.52. The summed E-state index contributed by atoms with van der Waals surface area (Å²) in [5, 5.41) is 17.7. The minimum Gasteiger partial charge on any atom is -0.455 e. The molecule has 10 heteroatoms. The highest BCUT2D eigenvalue weighted by atomic mass is 19.1. The topological polar surface area (TPSA) is 127 Å². The van der Waals surface area contributed by atoms with Crippen molar-refractivity contribution in [1.29, 1.82) is 0 Å². The monoisotopic (exact) mass is 466 g/mol. The zero-order valence-electron chi connectivity index (χ0n) is 18.7. The number of halogens is 1. The zero-order valence-corrected chi connectivity index (χ0v) is 18.7. The summed E-state index contributed by atoms with van der Waals surface area (Å²) in [6.45, 7) is 5.16. The number of nitrogens with zero attached hydrogens (tertiary/aromatic N) is 2. The maximum atomic E-state index is 13.1. The highest BCUT2D eigenvalue weighted by molar-refractivity contribution is 5.97. The van der Waals surface area contributed by atoms with Crippen LogP contribution in [0.5, 0.6) is 0 Å². The van der Waals surface area contributed by atoms with Crippen LogP contribution in [0.2, 0.25) is 0 Å². The molecule has 34 heavy (non-hydrogen) atoms. The van der Waals surface area contributed by atoms with E-state index in [0.29, 0.717) is 22.6 Å². The molecular formula is C24H23FN4O5. The number of furan rings is 1. The van der Waals surface area contributed by atoms with Gasteiger partial charge in [-0.3, -0.25) is 19.7 Å². The average Bonchev–Trinajstić information content (AvgIpc) is 3.26. The fraction of sp³-hybridized carbons (Fsp3) is 0.208. The van der Waals surface area contributed by atoms with Crippen molar-refractivity contribution in [3.05, 3.63) is 87.4 Å². The highest BCUT2D eigenvalue weighted by Gasteiger charge is 2.24. The van der Waals surface area contributed by atoms with Gasteiger partial charge in [-0.15, -0.1) is 0 Å². The molecule has 0 aliphatic heterocycles. The highest BCUT2D eigenvalue weighted by Crippen LogP contribution is 2.30. The summed E-state index contributed by atoms with van der Waals surface area (Å²) in [4.78, 5) is 35.7. The molecule has 0 saturated heterocycles. The van der Waals surface area contributed by atoms with E-state index in [9.17, 15) is 24.1 Å².